The van der Waals surface area contributed by atoms with Crippen LogP contribution in [0.2, 0.25) is 0 Å². The summed E-state index contributed by atoms with van der Waals surface area (Å²) in [5.41, 5.74) is 2.71. The first-order chi connectivity index (χ1) is 14.8. The molecule has 30 heavy (non-hydrogen) atoms. The molecule has 0 saturated carbocycles. The summed E-state index contributed by atoms with van der Waals surface area (Å²) in [4.78, 5) is 19.7. The molecule has 0 unspecified atom stereocenters. The molecule has 0 bridgehead atoms. The van der Waals surface area contributed by atoms with Crippen LogP contribution in [0, 0.1) is 5.92 Å². The first-order valence-electron chi connectivity index (χ1n) is 12.3. The molecular weight excluding hydrogens is 372 g/mol. The Morgan fingerprint density at radius 2 is 1.40 bits per heavy atom. The minimum atomic E-state index is 0.122. The molecule has 5 heteroatoms. The van der Waals surface area contributed by atoms with Gasteiger partial charge in [0.05, 0.1) is 0 Å². The number of piperidine rings is 2. The lowest BCUT2D eigenvalue weighted by Gasteiger charge is -2.36. The summed E-state index contributed by atoms with van der Waals surface area (Å²) >= 11 is 0. The highest BCUT2D eigenvalue weighted by Crippen LogP contribution is 2.20. The van der Waals surface area contributed by atoms with E-state index in [1.54, 1.807) is 0 Å². The molecule has 1 aromatic rings. The van der Waals surface area contributed by atoms with Gasteiger partial charge in [-0.05, 0) is 88.2 Å². The second-order valence-corrected chi connectivity index (χ2v) is 9.57. The first kappa shape index (κ1) is 21.6. The fourth-order valence-corrected chi connectivity index (χ4v) is 5.26. The summed E-state index contributed by atoms with van der Waals surface area (Å²) in [7, 11) is 0. The lowest BCUT2D eigenvalue weighted by atomic mass is 9.95. The second kappa shape index (κ2) is 11.1. The van der Waals surface area contributed by atoms with Crippen LogP contribution in [0.3, 0.4) is 0 Å². The van der Waals surface area contributed by atoms with Crippen molar-refractivity contribution < 1.29 is 4.79 Å². The first-order valence-corrected chi connectivity index (χ1v) is 12.3. The number of amides is 2. The highest BCUT2D eigenvalue weighted by molar-refractivity contribution is 5.74. The zero-order valence-corrected chi connectivity index (χ0v) is 18.7. The molecule has 2 amide bonds. The summed E-state index contributed by atoms with van der Waals surface area (Å²) in [6.45, 7) is 9.89. The Morgan fingerprint density at radius 1 is 0.800 bits per heavy atom. The minimum Gasteiger partial charge on any atom is -0.338 e. The lowest BCUT2D eigenvalue weighted by molar-refractivity contribution is 0.137. The van der Waals surface area contributed by atoms with E-state index in [2.05, 4.69) is 39.4 Å². The average molecular weight is 413 g/mol. The fraction of sp³-hybridized carbons (Fsp3) is 0.720. The van der Waals surface area contributed by atoms with Gasteiger partial charge in [0.25, 0.3) is 0 Å². The van der Waals surface area contributed by atoms with Gasteiger partial charge in [-0.1, -0.05) is 30.7 Å². The number of hydrogen-bond acceptors (Lipinski definition) is 3. The summed E-state index contributed by atoms with van der Waals surface area (Å²) in [5, 5.41) is 3.14. The number of carbonyl (C=O) groups is 1. The van der Waals surface area contributed by atoms with Gasteiger partial charge in [0.1, 0.15) is 0 Å². The van der Waals surface area contributed by atoms with Crippen LogP contribution in [-0.2, 0) is 13.0 Å². The number of carbonyl (C=O) groups excluding carboxylic acids is 1. The summed E-state index contributed by atoms with van der Waals surface area (Å²) < 4.78 is 0. The van der Waals surface area contributed by atoms with Crippen molar-refractivity contribution in [1.82, 2.24) is 20.0 Å². The second-order valence-electron chi connectivity index (χ2n) is 9.57. The van der Waals surface area contributed by atoms with Crippen molar-refractivity contribution in [3.63, 3.8) is 0 Å². The van der Waals surface area contributed by atoms with Crippen LogP contribution in [0.25, 0.3) is 0 Å². The number of likely N-dealkylation sites (tertiary alicyclic amines) is 3. The fourth-order valence-electron chi connectivity index (χ4n) is 5.26. The molecule has 3 saturated heterocycles. The van der Waals surface area contributed by atoms with Crippen LogP contribution in [-0.4, -0.2) is 73.1 Å². The maximum absolute atomic E-state index is 12.5. The standard InChI is InChI=1S/C25H40N4O/c30-25(29-18-11-24(12-19-29)21-27-14-2-1-3-15-27)26-13-10-22-6-8-23(9-7-22)20-28-16-4-5-17-28/h6-9,24H,1-5,10-21H2,(H,26,30). The van der Waals surface area contributed by atoms with Gasteiger partial charge in [-0.3, -0.25) is 4.90 Å². The van der Waals surface area contributed by atoms with Gasteiger partial charge >= 0.3 is 6.03 Å². The molecule has 5 nitrogen and oxygen atoms in total. The molecule has 1 aromatic carbocycles. The van der Waals surface area contributed by atoms with Crippen molar-refractivity contribution in [2.24, 2.45) is 5.92 Å². The predicted molar refractivity (Wildman–Crippen MR) is 123 cm³/mol. The Kier molecular flexibility index (Phi) is 8.04. The van der Waals surface area contributed by atoms with Gasteiger partial charge in [0.15, 0.2) is 0 Å². The molecule has 0 spiro atoms. The third kappa shape index (κ3) is 6.45. The Bertz CT molecular complexity index is 642. The van der Waals surface area contributed by atoms with Crippen molar-refractivity contribution in [1.29, 1.82) is 0 Å². The summed E-state index contributed by atoms with van der Waals surface area (Å²) in [6.07, 6.45) is 10.0. The molecule has 3 fully saturated rings. The maximum atomic E-state index is 12.5. The van der Waals surface area contributed by atoms with Crippen molar-refractivity contribution in [2.75, 3.05) is 52.4 Å². The zero-order valence-electron chi connectivity index (χ0n) is 18.7. The van der Waals surface area contributed by atoms with Gasteiger partial charge in [-0.2, -0.15) is 0 Å². The van der Waals surface area contributed by atoms with E-state index in [1.165, 1.54) is 76.0 Å². The smallest absolute Gasteiger partial charge is 0.317 e. The predicted octanol–water partition coefficient (Wildman–Crippen LogP) is 3.73. The summed E-state index contributed by atoms with van der Waals surface area (Å²) in [6, 6.07) is 9.08. The van der Waals surface area contributed by atoms with Crippen molar-refractivity contribution >= 4 is 6.03 Å². The van der Waals surface area contributed by atoms with E-state index in [0.717, 1.165) is 51.4 Å². The number of urea groups is 1. The molecule has 0 atom stereocenters. The molecule has 166 valence electrons. The third-order valence-corrected chi connectivity index (χ3v) is 7.18. The molecule has 3 heterocycles. The molecule has 0 aliphatic carbocycles. The quantitative estimate of drug-likeness (QED) is 0.742. The van der Waals surface area contributed by atoms with E-state index in [1.807, 2.05) is 4.90 Å². The van der Waals surface area contributed by atoms with Gasteiger partial charge in [-0.15, -0.1) is 0 Å². The van der Waals surface area contributed by atoms with Crippen molar-refractivity contribution in [3.8, 4) is 0 Å². The minimum absolute atomic E-state index is 0.122. The van der Waals surface area contributed by atoms with E-state index < -0.39 is 0 Å². The van der Waals surface area contributed by atoms with Crippen molar-refractivity contribution in [3.05, 3.63) is 35.4 Å². The van der Waals surface area contributed by atoms with Gasteiger partial charge in [0, 0.05) is 32.7 Å². The molecule has 3 aliphatic heterocycles. The topological polar surface area (TPSA) is 38.8 Å². The molecule has 1 N–H and O–H groups in total. The van der Waals surface area contributed by atoms with Gasteiger partial charge in [-0.25, -0.2) is 4.79 Å². The van der Waals surface area contributed by atoms with E-state index in [4.69, 9.17) is 0 Å². The maximum Gasteiger partial charge on any atom is 0.317 e. The number of hydrogen-bond donors (Lipinski definition) is 1. The van der Waals surface area contributed by atoms with E-state index in [-0.39, 0.29) is 6.03 Å². The Hall–Kier alpha value is -1.59. The highest BCUT2D eigenvalue weighted by atomic mass is 16.2. The lowest BCUT2D eigenvalue weighted by Crippen LogP contribution is -2.46. The molecule has 0 radical (unpaired) electrons. The Morgan fingerprint density at radius 3 is 2.10 bits per heavy atom. The van der Waals surface area contributed by atoms with E-state index >= 15 is 0 Å². The number of rotatable bonds is 7. The van der Waals surface area contributed by atoms with Crippen LogP contribution in [0.15, 0.2) is 24.3 Å². The molecular formula is C25H40N4O. The SMILES string of the molecule is O=C(NCCc1ccc(CN2CCCC2)cc1)N1CCC(CN2CCCCC2)CC1. The van der Waals surface area contributed by atoms with E-state index in [0.29, 0.717) is 0 Å². The van der Waals surface area contributed by atoms with Crippen LogP contribution >= 0.6 is 0 Å². The van der Waals surface area contributed by atoms with Gasteiger partial charge < -0.3 is 15.1 Å². The molecule has 0 aromatic heterocycles. The average Bonchev–Trinajstić information content (AvgIpc) is 3.29. The van der Waals surface area contributed by atoms with Gasteiger partial charge in [0.2, 0.25) is 0 Å². The normalized spacial score (nSPS) is 21.8. The van der Waals surface area contributed by atoms with Crippen molar-refractivity contribution in [2.45, 2.75) is 57.9 Å². The van der Waals surface area contributed by atoms with Crippen LogP contribution in [0.4, 0.5) is 4.79 Å². The van der Waals surface area contributed by atoms with E-state index in [9.17, 15) is 4.79 Å². The monoisotopic (exact) mass is 412 g/mol. The summed E-state index contributed by atoms with van der Waals surface area (Å²) in [5.74, 6) is 0.770. The van der Waals surface area contributed by atoms with Crippen LogP contribution in [0.5, 0.6) is 0 Å². The van der Waals surface area contributed by atoms with Crippen LogP contribution < -0.4 is 5.32 Å². The number of nitrogens with zero attached hydrogens (tertiary/aromatic N) is 3. The third-order valence-electron chi connectivity index (χ3n) is 7.18. The van der Waals surface area contributed by atoms with Crippen LogP contribution in [0.1, 0.15) is 56.1 Å². The molecule has 3 aliphatic rings. The zero-order chi connectivity index (χ0) is 20.6. The largest absolute Gasteiger partial charge is 0.338 e. The Balaban J connectivity index is 1.11. The molecule has 4 rings (SSSR count). The Labute approximate surface area is 182 Å². The number of nitrogens with one attached hydrogen (secondary N) is 1. The highest BCUT2D eigenvalue weighted by Gasteiger charge is 2.24. The number of benzene rings is 1.